The fourth-order valence-corrected chi connectivity index (χ4v) is 3.83. The standard InChI is InChI=1S/C20H24BrN3S/c1-15(22-20(25)23-18-7-5-6-17(21)14-18)16-8-10-19(11-9-16)24-12-3-2-4-13-24/h5-11,14-15H,2-4,12-13H2,1H3,(H2,22,23,25). The van der Waals surface area contributed by atoms with Gasteiger partial charge in [0.05, 0.1) is 6.04 Å². The van der Waals surface area contributed by atoms with E-state index < -0.39 is 0 Å². The summed E-state index contributed by atoms with van der Waals surface area (Å²) >= 11 is 8.91. The van der Waals surface area contributed by atoms with Crippen molar-refractivity contribution < 1.29 is 0 Å². The molecule has 25 heavy (non-hydrogen) atoms. The normalized spacial score (nSPS) is 15.5. The molecule has 1 fully saturated rings. The van der Waals surface area contributed by atoms with Crippen LogP contribution in [0.15, 0.2) is 53.0 Å². The maximum absolute atomic E-state index is 5.44. The minimum Gasteiger partial charge on any atom is -0.372 e. The van der Waals surface area contributed by atoms with Gasteiger partial charge in [0.2, 0.25) is 0 Å². The number of hydrogen-bond acceptors (Lipinski definition) is 2. The summed E-state index contributed by atoms with van der Waals surface area (Å²) in [6.07, 6.45) is 3.96. The molecular weight excluding hydrogens is 394 g/mol. The molecule has 0 saturated carbocycles. The smallest absolute Gasteiger partial charge is 0.171 e. The Morgan fingerprint density at radius 3 is 2.48 bits per heavy atom. The number of benzene rings is 2. The molecule has 1 aliphatic heterocycles. The minimum atomic E-state index is 0.155. The van der Waals surface area contributed by atoms with Gasteiger partial charge in [0.25, 0.3) is 0 Å². The Morgan fingerprint density at radius 2 is 1.80 bits per heavy atom. The number of anilines is 2. The van der Waals surface area contributed by atoms with Gasteiger partial charge < -0.3 is 15.5 Å². The van der Waals surface area contributed by atoms with Crippen LogP contribution < -0.4 is 15.5 Å². The first-order valence-electron chi connectivity index (χ1n) is 8.80. The highest BCUT2D eigenvalue weighted by Gasteiger charge is 2.12. The van der Waals surface area contributed by atoms with E-state index >= 15 is 0 Å². The Kier molecular flexibility index (Phi) is 6.32. The summed E-state index contributed by atoms with van der Waals surface area (Å²) in [4.78, 5) is 2.48. The number of piperidine rings is 1. The lowest BCUT2D eigenvalue weighted by atomic mass is 10.1. The zero-order valence-electron chi connectivity index (χ0n) is 14.5. The van der Waals surface area contributed by atoms with Crippen molar-refractivity contribution >= 4 is 44.6 Å². The third kappa shape index (κ3) is 5.19. The number of rotatable bonds is 4. The van der Waals surface area contributed by atoms with Crippen molar-refractivity contribution in [2.24, 2.45) is 0 Å². The van der Waals surface area contributed by atoms with Gasteiger partial charge in [0, 0.05) is 28.9 Å². The van der Waals surface area contributed by atoms with E-state index in [-0.39, 0.29) is 6.04 Å². The maximum Gasteiger partial charge on any atom is 0.171 e. The lowest BCUT2D eigenvalue weighted by Gasteiger charge is -2.29. The van der Waals surface area contributed by atoms with Crippen LogP contribution in [0, 0.1) is 0 Å². The lowest BCUT2D eigenvalue weighted by Crippen LogP contribution is -2.31. The Bertz CT molecular complexity index is 711. The van der Waals surface area contributed by atoms with Crippen molar-refractivity contribution in [2.75, 3.05) is 23.3 Å². The summed E-state index contributed by atoms with van der Waals surface area (Å²) in [6.45, 7) is 4.48. The molecule has 0 bridgehead atoms. The van der Waals surface area contributed by atoms with Crippen LogP contribution in [-0.2, 0) is 0 Å². The van der Waals surface area contributed by atoms with E-state index in [0.717, 1.165) is 10.2 Å². The lowest BCUT2D eigenvalue weighted by molar-refractivity contribution is 0.577. The van der Waals surface area contributed by atoms with Crippen molar-refractivity contribution in [3.8, 4) is 0 Å². The summed E-state index contributed by atoms with van der Waals surface area (Å²) in [5.74, 6) is 0. The average Bonchev–Trinajstić information content (AvgIpc) is 2.62. The van der Waals surface area contributed by atoms with Gasteiger partial charge in [0.1, 0.15) is 0 Å². The minimum absolute atomic E-state index is 0.155. The highest BCUT2D eigenvalue weighted by atomic mass is 79.9. The first-order valence-corrected chi connectivity index (χ1v) is 10.00. The van der Waals surface area contributed by atoms with Gasteiger partial charge in [-0.15, -0.1) is 0 Å². The van der Waals surface area contributed by atoms with Crippen LogP contribution in [0.2, 0.25) is 0 Å². The molecule has 0 spiro atoms. The van der Waals surface area contributed by atoms with Crippen LogP contribution in [0.5, 0.6) is 0 Å². The third-order valence-electron chi connectivity index (χ3n) is 4.54. The maximum atomic E-state index is 5.44. The van der Waals surface area contributed by atoms with Gasteiger partial charge in [0.15, 0.2) is 5.11 Å². The van der Waals surface area contributed by atoms with E-state index in [1.165, 1.54) is 43.6 Å². The quantitative estimate of drug-likeness (QED) is 0.643. The Hall–Kier alpha value is -1.59. The molecule has 0 amide bonds. The SMILES string of the molecule is CC(NC(=S)Nc1cccc(Br)c1)c1ccc(N2CCCCC2)cc1. The molecule has 3 rings (SSSR count). The molecular formula is C20H24BrN3S. The van der Waals surface area contributed by atoms with E-state index in [2.05, 4.69) is 62.7 Å². The molecule has 2 N–H and O–H groups in total. The van der Waals surface area contributed by atoms with E-state index in [1.54, 1.807) is 0 Å². The summed E-state index contributed by atoms with van der Waals surface area (Å²) in [7, 11) is 0. The molecule has 132 valence electrons. The third-order valence-corrected chi connectivity index (χ3v) is 5.26. The highest BCUT2D eigenvalue weighted by molar-refractivity contribution is 9.10. The van der Waals surface area contributed by atoms with Crippen molar-refractivity contribution in [3.63, 3.8) is 0 Å². The molecule has 0 aromatic heterocycles. The van der Waals surface area contributed by atoms with Crippen molar-refractivity contribution in [3.05, 3.63) is 58.6 Å². The van der Waals surface area contributed by atoms with E-state index in [1.807, 2.05) is 24.3 Å². The fourth-order valence-electron chi connectivity index (χ4n) is 3.14. The van der Waals surface area contributed by atoms with Gasteiger partial charge >= 0.3 is 0 Å². The van der Waals surface area contributed by atoms with Crippen LogP contribution >= 0.6 is 28.1 Å². The number of hydrogen-bond donors (Lipinski definition) is 2. The van der Waals surface area contributed by atoms with Crippen molar-refractivity contribution in [2.45, 2.75) is 32.2 Å². The number of nitrogens with one attached hydrogen (secondary N) is 2. The van der Waals surface area contributed by atoms with Crippen molar-refractivity contribution in [1.82, 2.24) is 5.32 Å². The van der Waals surface area contributed by atoms with Gasteiger partial charge in [-0.2, -0.15) is 0 Å². The summed E-state index contributed by atoms with van der Waals surface area (Å²) in [5.41, 5.74) is 3.53. The Labute approximate surface area is 163 Å². The van der Waals surface area contributed by atoms with Gasteiger partial charge in [-0.1, -0.05) is 34.1 Å². The first-order chi connectivity index (χ1) is 12.1. The average molecular weight is 418 g/mol. The van der Waals surface area contributed by atoms with Crippen LogP contribution in [0.4, 0.5) is 11.4 Å². The molecule has 2 aromatic carbocycles. The molecule has 1 heterocycles. The molecule has 1 saturated heterocycles. The molecule has 1 aliphatic rings. The zero-order valence-corrected chi connectivity index (χ0v) is 16.9. The molecule has 2 aromatic rings. The van der Waals surface area contributed by atoms with E-state index in [4.69, 9.17) is 12.2 Å². The molecule has 5 heteroatoms. The molecule has 1 unspecified atom stereocenters. The number of halogens is 1. The second kappa shape index (κ2) is 8.68. The fraction of sp³-hybridized carbons (Fsp3) is 0.350. The van der Waals surface area contributed by atoms with E-state index in [9.17, 15) is 0 Å². The summed E-state index contributed by atoms with van der Waals surface area (Å²) in [6, 6.07) is 17.0. The van der Waals surface area contributed by atoms with Crippen LogP contribution in [0.3, 0.4) is 0 Å². The van der Waals surface area contributed by atoms with Crippen LogP contribution in [0.25, 0.3) is 0 Å². The second-order valence-corrected chi connectivity index (χ2v) is 7.79. The highest BCUT2D eigenvalue weighted by Crippen LogP contribution is 2.22. The summed E-state index contributed by atoms with van der Waals surface area (Å²) in [5, 5.41) is 7.21. The Balaban J connectivity index is 1.57. The van der Waals surface area contributed by atoms with E-state index in [0.29, 0.717) is 5.11 Å². The van der Waals surface area contributed by atoms with Crippen molar-refractivity contribution in [1.29, 1.82) is 0 Å². The number of nitrogens with zero attached hydrogens (tertiary/aromatic N) is 1. The molecule has 0 radical (unpaired) electrons. The molecule has 1 atom stereocenters. The van der Waals surface area contributed by atoms with Crippen LogP contribution in [-0.4, -0.2) is 18.2 Å². The first kappa shape index (κ1) is 18.2. The predicted molar refractivity (Wildman–Crippen MR) is 114 cm³/mol. The second-order valence-electron chi connectivity index (χ2n) is 6.47. The largest absolute Gasteiger partial charge is 0.372 e. The monoisotopic (exact) mass is 417 g/mol. The summed E-state index contributed by atoms with van der Waals surface area (Å²) < 4.78 is 1.03. The zero-order chi connectivity index (χ0) is 17.6. The van der Waals surface area contributed by atoms with Crippen LogP contribution in [0.1, 0.15) is 37.8 Å². The molecule has 3 nitrogen and oxygen atoms in total. The predicted octanol–water partition coefficient (Wildman–Crippen LogP) is 5.49. The van der Waals surface area contributed by atoms with Gasteiger partial charge in [-0.05, 0) is 74.3 Å². The topological polar surface area (TPSA) is 27.3 Å². The molecule has 0 aliphatic carbocycles. The van der Waals surface area contributed by atoms with Gasteiger partial charge in [-0.3, -0.25) is 0 Å². The number of thiocarbonyl (C=S) groups is 1. The Morgan fingerprint density at radius 1 is 1.08 bits per heavy atom. The van der Waals surface area contributed by atoms with Gasteiger partial charge in [-0.25, -0.2) is 0 Å².